The molecule has 2 aromatic rings. The quantitative estimate of drug-likeness (QED) is 0.810. The number of primary amides is 1. The average Bonchev–Trinajstić information content (AvgIpc) is 2.47. The number of piperidine rings is 1. The van der Waals surface area contributed by atoms with Gasteiger partial charge in [0.25, 0.3) is 0 Å². The van der Waals surface area contributed by atoms with E-state index in [9.17, 15) is 4.79 Å². The summed E-state index contributed by atoms with van der Waals surface area (Å²) in [6, 6.07) is 7.77. The van der Waals surface area contributed by atoms with Crippen LogP contribution in [0.15, 0.2) is 30.5 Å². The molecule has 1 aromatic carbocycles. The smallest absolute Gasteiger partial charge is 0.222 e. The van der Waals surface area contributed by atoms with Gasteiger partial charge in [0.1, 0.15) is 0 Å². The predicted molar refractivity (Wildman–Crippen MR) is 80.3 cm³/mol. The fraction of sp³-hybridized carbons (Fsp3) is 0.333. The molecular formula is C15H18N4O. The molecule has 1 aliphatic heterocycles. The number of anilines is 2. The van der Waals surface area contributed by atoms with Crippen molar-refractivity contribution in [1.82, 2.24) is 4.98 Å². The van der Waals surface area contributed by atoms with Crippen LogP contribution in [-0.4, -0.2) is 24.0 Å². The van der Waals surface area contributed by atoms with E-state index in [-0.39, 0.29) is 11.8 Å². The number of amides is 1. The standard InChI is InChI=1S/C15H18N4O/c16-12-5-1-4-11-13(6-7-18-14(11)12)19-8-2-3-10(9-19)15(17)20/h1,4-7,10H,2-3,8-9,16H2,(H2,17,20). The Morgan fingerprint density at radius 1 is 1.35 bits per heavy atom. The molecule has 1 aliphatic rings. The monoisotopic (exact) mass is 270 g/mol. The van der Waals surface area contributed by atoms with Crippen molar-refractivity contribution in [1.29, 1.82) is 0 Å². The number of nitrogens with zero attached hydrogens (tertiary/aromatic N) is 2. The zero-order valence-corrected chi connectivity index (χ0v) is 11.2. The van der Waals surface area contributed by atoms with Crippen LogP contribution in [-0.2, 0) is 4.79 Å². The van der Waals surface area contributed by atoms with Crippen LogP contribution in [0.2, 0.25) is 0 Å². The number of fused-ring (bicyclic) bond motifs is 1. The largest absolute Gasteiger partial charge is 0.397 e. The van der Waals surface area contributed by atoms with Gasteiger partial charge in [-0.3, -0.25) is 9.78 Å². The molecule has 1 fully saturated rings. The minimum Gasteiger partial charge on any atom is -0.397 e. The summed E-state index contributed by atoms with van der Waals surface area (Å²) in [4.78, 5) is 18.0. The van der Waals surface area contributed by atoms with Gasteiger partial charge in [0.2, 0.25) is 5.91 Å². The van der Waals surface area contributed by atoms with Gasteiger partial charge in [-0.15, -0.1) is 0 Å². The first-order chi connectivity index (χ1) is 9.66. The number of carbonyl (C=O) groups excluding carboxylic acids is 1. The Labute approximate surface area is 117 Å². The van der Waals surface area contributed by atoms with Crippen molar-refractivity contribution in [3.63, 3.8) is 0 Å². The molecule has 104 valence electrons. The summed E-state index contributed by atoms with van der Waals surface area (Å²) in [6.07, 6.45) is 3.61. The molecular weight excluding hydrogens is 252 g/mol. The lowest BCUT2D eigenvalue weighted by Crippen LogP contribution is -2.41. The number of rotatable bonds is 2. The lowest BCUT2D eigenvalue weighted by Gasteiger charge is -2.33. The Morgan fingerprint density at radius 3 is 3.00 bits per heavy atom. The second-order valence-corrected chi connectivity index (χ2v) is 5.26. The Morgan fingerprint density at radius 2 is 2.20 bits per heavy atom. The maximum absolute atomic E-state index is 11.4. The van der Waals surface area contributed by atoms with Gasteiger partial charge in [-0.2, -0.15) is 0 Å². The van der Waals surface area contributed by atoms with Crippen molar-refractivity contribution in [3.05, 3.63) is 30.5 Å². The van der Waals surface area contributed by atoms with Gasteiger partial charge in [0.05, 0.1) is 17.1 Å². The third-order valence-corrected chi connectivity index (χ3v) is 3.94. The fourth-order valence-electron chi connectivity index (χ4n) is 2.89. The van der Waals surface area contributed by atoms with E-state index in [4.69, 9.17) is 11.5 Å². The molecule has 20 heavy (non-hydrogen) atoms. The Kier molecular flexibility index (Phi) is 3.18. The van der Waals surface area contributed by atoms with Crippen molar-refractivity contribution in [2.75, 3.05) is 23.7 Å². The van der Waals surface area contributed by atoms with Crippen molar-refractivity contribution >= 4 is 28.2 Å². The van der Waals surface area contributed by atoms with Crippen molar-refractivity contribution in [3.8, 4) is 0 Å². The lowest BCUT2D eigenvalue weighted by molar-refractivity contribution is -0.122. The van der Waals surface area contributed by atoms with E-state index in [1.54, 1.807) is 6.20 Å². The zero-order chi connectivity index (χ0) is 14.1. The molecule has 3 rings (SSSR count). The van der Waals surface area contributed by atoms with Gasteiger partial charge in [0, 0.05) is 30.4 Å². The maximum Gasteiger partial charge on any atom is 0.222 e. The molecule has 0 radical (unpaired) electrons. The maximum atomic E-state index is 11.4. The van der Waals surface area contributed by atoms with Crippen LogP contribution in [0.3, 0.4) is 0 Å². The second-order valence-electron chi connectivity index (χ2n) is 5.26. The van der Waals surface area contributed by atoms with Gasteiger partial charge in [-0.05, 0) is 25.0 Å². The Balaban J connectivity index is 2.02. The normalized spacial score (nSPS) is 19.2. The summed E-state index contributed by atoms with van der Waals surface area (Å²) in [5.41, 5.74) is 14.0. The fourth-order valence-corrected chi connectivity index (χ4v) is 2.89. The third-order valence-electron chi connectivity index (χ3n) is 3.94. The number of nitrogens with two attached hydrogens (primary N) is 2. The van der Waals surface area contributed by atoms with E-state index in [1.807, 2.05) is 24.3 Å². The number of pyridine rings is 1. The number of hydrogen-bond acceptors (Lipinski definition) is 4. The molecule has 1 amide bonds. The molecule has 5 heteroatoms. The van der Waals surface area contributed by atoms with Crippen LogP contribution < -0.4 is 16.4 Å². The topological polar surface area (TPSA) is 85.2 Å². The van der Waals surface area contributed by atoms with Gasteiger partial charge >= 0.3 is 0 Å². The van der Waals surface area contributed by atoms with Crippen LogP contribution >= 0.6 is 0 Å². The molecule has 4 N–H and O–H groups in total. The number of benzene rings is 1. The number of hydrogen-bond donors (Lipinski definition) is 2. The summed E-state index contributed by atoms with van der Waals surface area (Å²) in [5, 5.41) is 1.03. The summed E-state index contributed by atoms with van der Waals surface area (Å²) >= 11 is 0. The van der Waals surface area contributed by atoms with Crippen molar-refractivity contribution < 1.29 is 4.79 Å². The molecule has 1 aromatic heterocycles. The van der Waals surface area contributed by atoms with E-state index >= 15 is 0 Å². The first kappa shape index (κ1) is 12.7. The number of nitrogen functional groups attached to an aromatic ring is 1. The van der Waals surface area contributed by atoms with Crippen LogP contribution in [0.4, 0.5) is 11.4 Å². The molecule has 0 aliphatic carbocycles. The molecule has 1 unspecified atom stereocenters. The summed E-state index contributed by atoms with van der Waals surface area (Å²) < 4.78 is 0. The molecule has 1 saturated heterocycles. The van der Waals surface area contributed by atoms with Crippen LogP contribution in [0, 0.1) is 5.92 Å². The van der Waals surface area contributed by atoms with Crippen LogP contribution in [0.5, 0.6) is 0 Å². The second kappa shape index (κ2) is 5.00. The van der Waals surface area contributed by atoms with Gasteiger partial charge < -0.3 is 16.4 Å². The van der Waals surface area contributed by atoms with Gasteiger partial charge in [-0.1, -0.05) is 12.1 Å². The van der Waals surface area contributed by atoms with E-state index in [0.29, 0.717) is 12.2 Å². The van der Waals surface area contributed by atoms with Crippen LogP contribution in [0.25, 0.3) is 10.9 Å². The average molecular weight is 270 g/mol. The summed E-state index contributed by atoms with van der Waals surface area (Å²) in [7, 11) is 0. The number of para-hydroxylation sites is 1. The van der Waals surface area contributed by atoms with Gasteiger partial charge in [0.15, 0.2) is 0 Å². The minimum atomic E-state index is -0.215. The summed E-state index contributed by atoms with van der Waals surface area (Å²) in [6.45, 7) is 1.60. The highest BCUT2D eigenvalue weighted by molar-refractivity contribution is 5.98. The highest BCUT2D eigenvalue weighted by Crippen LogP contribution is 2.31. The van der Waals surface area contributed by atoms with E-state index in [2.05, 4.69) is 9.88 Å². The minimum absolute atomic E-state index is 0.0759. The molecule has 5 nitrogen and oxygen atoms in total. The van der Waals surface area contributed by atoms with Crippen molar-refractivity contribution in [2.45, 2.75) is 12.8 Å². The van der Waals surface area contributed by atoms with E-state index in [0.717, 1.165) is 36.0 Å². The molecule has 2 heterocycles. The molecule has 0 bridgehead atoms. The molecule has 1 atom stereocenters. The Hall–Kier alpha value is -2.30. The SMILES string of the molecule is NC(=O)C1CCCN(c2ccnc3c(N)cccc23)C1. The molecule has 0 spiro atoms. The van der Waals surface area contributed by atoms with E-state index < -0.39 is 0 Å². The first-order valence-corrected chi connectivity index (χ1v) is 6.84. The van der Waals surface area contributed by atoms with Crippen LogP contribution in [0.1, 0.15) is 12.8 Å². The zero-order valence-electron chi connectivity index (χ0n) is 11.2. The van der Waals surface area contributed by atoms with Gasteiger partial charge in [-0.25, -0.2) is 0 Å². The van der Waals surface area contributed by atoms with Crippen molar-refractivity contribution in [2.24, 2.45) is 11.7 Å². The third kappa shape index (κ3) is 2.15. The first-order valence-electron chi connectivity index (χ1n) is 6.84. The lowest BCUT2D eigenvalue weighted by atomic mass is 9.96. The number of carbonyl (C=O) groups is 1. The molecule has 0 saturated carbocycles. The predicted octanol–water partition coefficient (Wildman–Crippen LogP) is 1.52. The number of aromatic nitrogens is 1. The highest BCUT2D eigenvalue weighted by atomic mass is 16.1. The highest BCUT2D eigenvalue weighted by Gasteiger charge is 2.25. The Bertz CT molecular complexity index is 655. The summed E-state index contributed by atoms with van der Waals surface area (Å²) in [5.74, 6) is -0.291. The van der Waals surface area contributed by atoms with E-state index in [1.165, 1.54) is 0 Å².